The molecule has 0 aliphatic heterocycles. The summed E-state index contributed by atoms with van der Waals surface area (Å²) in [5, 5.41) is 7.57. The molecule has 0 saturated carbocycles. The lowest BCUT2D eigenvalue weighted by Crippen LogP contribution is -2.28. The number of amides is 1. The highest BCUT2D eigenvalue weighted by molar-refractivity contribution is 6.30. The van der Waals surface area contributed by atoms with Crippen molar-refractivity contribution in [3.8, 4) is 11.3 Å². The van der Waals surface area contributed by atoms with E-state index in [1.807, 2.05) is 35.1 Å². The lowest BCUT2D eigenvalue weighted by atomic mass is 9.93. The second kappa shape index (κ2) is 7.39. The summed E-state index contributed by atoms with van der Waals surface area (Å²) in [5.41, 5.74) is 4.34. The number of aromatic nitrogens is 2. The second-order valence-electron chi connectivity index (χ2n) is 6.78. The van der Waals surface area contributed by atoms with Gasteiger partial charge in [-0.3, -0.25) is 9.48 Å². The van der Waals surface area contributed by atoms with Gasteiger partial charge in [0.15, 0.2) is 5.76 Å². The number of nitrogens with zero attached hydrogens (tertiary/aromatic N) is 2. The van der Waals surface area contributed by atoms with E-state index in [-0.39, 0.29) is 5.76 Å². The normalized spacial score (nSPS) is 12.8. The first-order valence-corrected chi connectivity index (χ1v) is 9.30. The number of alkyl halides is 2. The maximum atomic E-state index is 12.4. The Bertz CT molecular complexity index is 1020. The van der Waals surface area contributed by atoms with E-state index in [0.29, 0.717) is 29.3 Å². The average Bonchev–Trinajstić information content (AvgIpc) is 3.22. The Kier molecular flexibility index (Phi) is 4.93. The molecule has 1 aliphatic rings. The fourth-order valence-electron chi connectivity index (χ4n) is 3.49. The van der Waals surface area contributed by atoms with Crippen LogP contribution in [0, 0.1) is 6.92 Å². The second-order valence-corrected chi connectivity index (χ2v) is 7.22. The van der Waals surface area contributed by atoms with Gasteiger partial charge in [-0.15, -0.1) is 0 Å². The van der Waals surface area contributed by atoms with Crippen molar-refractivity contribution in [1.82, 2.24) is 15.1 Å². The number of carbonyl (C=O) groups is 1. The van der Waals surface area contributed by atoms with Crippen LogP contribution in [0.4, 0.5) is 8.78 Å². The summed E-state index contributed by atoms with van der Waals surface area (Å²) in [7, 11) is 0. The minimum absolute atomic E-state index is 0.0748. The highest BCUT2D eigenvalue weighted by Gasteiger charge is 2.29. The van der Waals surface area contributed by atoms with Crippen molar-refractivity contribution < 1.29 is 18.0 Å². The lowest BCUT2D eigenvalue weighted by molar-refractivity contribution is 0.0863. The van der Waals surface area contributed by atoms with Gasteiger partial charge in [0.05, 0.1) is 18.8 Å². The number of carbonyl (C=O) groups excluding carboxylic acids is 1. The molecule has 5 nitrogen and oxygen atoms in total. The Labute approximate surface area is 165 Å². The fourth-order valence-corrected chi connectivity index (χ4v) is 3.61. The molecule has 1 aliphatic carbocycles. The molecule has 3 aromatic rings. The molecular formula is C20H18ClF2N3O2. The molecule has 0 fully saturated rings. The van der Waals surface area contributed by atoms with Crippen LogP contribution in [0.5, 0.6) is 0 Å². The zero-order valence-corrected chi connectivity index (χ0v) is 15.9. The Balaban J connectivity index is 1.62. The van der Waals surface area contributed by atoms with E-state index in [1.54, 1.807) is 6.92 Å². The zero-order valence-electron chi connectivity index (χ0n) is 15.1. The maximum Gasteiger partial charge on any atom is 0.287 e. The quantitative estimate of drug-likeness (QED) is 0.690. The number of benzene rings is 1. The summed E-state index contributed by atoms with van der Waals surface area (Å²) >= 11 is 5.93. The van der Waals surface area contributed by atoms with Gasteiger partial charge in [-0.25, -0.2) is 8.78 Å². The molecule has 4 rings (SSSR count). The van der Waals surface area contributed by atoms with E-state index in [0.717, 1.165) is 28.8 Å². The van der Waals surface area contributed by atoms with E-state index in [9.17, 15) is 13.6 Å². The standard InChI is InChI=1S/C20H18ClF2N3O2/c1-11-17-15(28-19(11)20(27)24-8-16(22)23)7-4-13-10-26(25-18(13)17)9-12-2-5-14(21)6-3-12/h2-3,5-6,10,16H,4,7-9H2,1H3,(H,24,27). The van der Waals surface area contributed by atoms with Crippen LogP contribution >= 0.6 is 11.6 Å². The minimum Gasteiger partial charge on any atom is -0.455 e. The van der Waals surface area contributed by atoms with Gasteiger partial charge in [0.1, 0.15) is 5.76 Å². The van der Waals surface area contributed by atoms with Crippen molar-refractivity contribution in [1.29, 1.82) is 0 Å². The van der Waals surface area contributed by atoms with Crippen molar-refractivity contribution in [3.05, 3.63) is 63.7 Å². The number of furan rings is 1. The smallest absolute Gasteiger partial charge is 0.287 e. The zero-order chi connectivity index (χ0) is 19.8. The molecular weight excluding hydrogens is 388 g/mol. The predicted molar refractivity (Wildman–Crippen MR) is 101 cm³/mol. The van der Waals surface area contributed by atoms with Crippen molar-refractivity contribution in [2.75, 3.05) is 6.54 Å². The van der Waals surface area contributed by atoms with Crippen LogP contribution < -0.4 is 5.32 Å². The van der Waals surface area contributed by atoms with Gasteiger partial charge in [-0.2, -0.15) is 5.10 Å². The predicted octanol–water partition coefficient (Wildman–Crippen LogP) is 4.25. The van der Waals surface area contributed by atoms with Gasteiger partial charge in [-0.05, 0) is 36.6 Å². The molecule has 146 valence electrons. The van der Waals surface area contributed by atoms with Gasteiger partial charge >= 0.3 is 0 Å². The summed E-state index contributed by atoms with van der Waals surface area (Å²) in [6, 6.07) is 7.57. The molecule has 0 atom stereocenters. The van der Waals surface area contributed by atoms with Crippen LogP contribution in [-0.2, 0) is 19.4 Å². The molecule has 28 heavy (non-hydrogen) atoms. The maximum absolute atomic E-state index is 12.4. The molecule has 0 bridgehead atoms. The van der Waals surface area contributed by atoms with E-state index < -0.39 is 18.9 Å². The number of aryl methyl sites for hydroxylation is 2. The molecule has 0 saturated heterocycles. The monoisotopic (exact) mass is 405 g/mol. The molecule has 0 radical (unpaired) electrons. The summed E-state index contributed by atoms with van der Waals surface area (Å²) in [6.45, 7) is 1.65. The Morgan fingerprint density at radius 2 is 2.07 bits per heavy atom. The average molecular weight is 406 g/mol. The molecule has 1 aromatic carbocycles. The first-order chi connectivity index (χ1) is 13.4. The van der Waals surface area contributed by atoms with Gasteiger partial charge in [0, 0.05) is 28.8 Å². The van der Waals surface area contributed by atoms with Crippen LogP contribution in [0.3, 0.4) is 0 Å². The van der Waals surface area contributed by atoms with Crippen LogP contribution in [0.25, 0.3) is 11.3 Å². The van der Waals surface area contributed by atoms with Gasteiger partial charge in [-0.1, -0.05) is 23.7 Å². The molecule has 2 aromatic heterocycles. The number of hydrogen-bond donors (Lipinski definition) is 1. The third-order valence-electron chi connectivity index (χ3n) is 4.80. The van der Waals surface area contributed by atoms with E-state index in [4.69, 9.17) is 16.0 Å². The van der Waals surface area contributed by atoms with Crippen LogP contribution in [-0.4, -0.2) is 28.7 Å². The van der Waals surface area contributed by atoms with Crippen molar-refractivity contribution >= 4 is 17.5 Å². The summed E-state index contributed by atoms with van der Waals surface area (Å²) in [6.07, 6.45) is 0.769. The third kappa shape index (κ3) is 3.54. The summed E-state index contributed by atoms with van der Waals surface area (Å²) in [4.78, 5) is 12.2. The van der Waals surface area contributed by atoms with Crippen LogP contribution in [0.2, 0.25) is 5.02 Å². The largest absolute Gasteiger partial charge is 0.455 e. The topological polar surface area (TPSA) is 60.1 Å². The van der Waals surface area contributed by atoms with E-state index >= 15 is 0 Å². The molecule has 8 heteroatoms. The van der Waals surface area contributed by atoms with Gasteiger partial charge in [0.25, 0.3) is 12.3 Å². The number of rotatable bonds is 5. The van der Waals surface area contributed by atoms with Gasteiger partial charge < -0.3 is 9.73 Å². The number of hydrogen-bond acceptors (Lipinski definition) is 3. The van der Waals surface area contributed by atoms with Gasteiger partial charge in [0.2, 0.25) is 0 Å². The number of nitrogens with one attached hydrogen (secondary N) is 1. The molecule has 1 N–H and O–H groups in total. The van der Waals surface area contributed by atoms with Crippen molar-refractivity contribution in [2.24, 2.45) is 0 Å². The molecule has 0 unspecified atom stereocenters. The SMILES string of the molecule is Cc1c(C(=O)NCC(F)F)oc2c1-c1nn(Cc3ccc(Cl)cc3)cc1CC2. The Morgan fingerprint density at radius 1 is 1.32 bits per heavy atom. The lowest BCUT2D eigenvalue weighted by Gasteiger charge is -2.09. The molecule has 1 amide bonds. The Morgan fingerprint density at radius 3 is 2.79 bits per heavy atom. The molecule has 0 spiro atoms. The van der Waals surface area contributed by atoms with Crippen LogP contribution in [0.15, 0.2) is 34.9 Å². The number of halogens is 3. The highest BCUT2D eigenvalue weighted by Crippen LogP contribution is 2.38. The third-order valence-corrected chi connectivity index (χ3v) is 5.05. The summed E-state index contributed by atoms with van der Waals surface area (Å²) in [5.74, 6) is 0.115. The van der Waals surface area contributed by atoms with Crippen molar-refractivity contribution in [3.63, 3.8) is 0 Å². The minimum atomic E-state index is -2.61. The Hall–Kier alpha value is -2.67. The van der Waals surface area contributed by atoms with E-state index in [1.165, 1.54) is 0 Å². The first kappa shape index (κ1) is 18.7. The molecule has 2 heterocycles. The van der Waals surface area contributed by atoms with E-state index in [2.05, 4.69) is 10.4 Å². The fraction of sp³-hybridized carbons (Fsp3) is 0.300. The van der Waals surface area contributed by atoms with Crippen LogP contribution in [0.1, 0.15) is 33.0 Å². The summed E-state index contributed by atoms with van der Waals surface area (Å²) < 4.78 is 32.3. The van der Waals surface area contributed by atoms with Crippen molar-refractivity contribution in [2.45, 2.75) is 32.7 Å². The highest BCUT2D eigenvalue weighted by atomic mass is 35.5. The first-order valence-electron chi connectivity index (χ1n) is 8.92. The number of fused-ring (bicyclic) bond motifs is 3.